The van der Waals surface area contributed by atoms with Gasteiger partial charge in [-0.05, 0) is 56.9 Å². The van der Waals surface area contributed by atoms with Gasteiger partial charge in [-0.1, -0.05) is 0 Å². The molecule has 0 bridgehead atoms. The predicted molar refractivity (Wildman–Crippen MR) is 142 cm³/mol. The van der Waals surface area contributed by atoms with Crippen LogP contribution in [0.1, 0.15) is 42.1 Å². The molecular formula is C28H34F2N6O2. The van der Waals surface area contributed by atoms with Gasteiger partial charge in [0.1, 0.15) is 12.0 Å². The van der Waals surface area contributed by atoms with Crippen LogP contribution in [0.25, 0.3) is 16.8 Å². The van der Waals surface area contributed by atoms with Gasteiger partial charge in [-0.3, -0.25) is 14.7 Å². The number of alkyl halides is 1. The molecule has 38 heavy (non-hydrogen) atoms. The zero-order valence-electron chi connectivity index (χ0n) is 22.0. The maximum atomic E-state index is 14.9. The molecule has 2 fully saturated rings. The molecule has 3 aromatic rings. The molecule has 0 radical (unpaired) electrons. The zero-order valence-corrected chi connectivity index (χ0v) is 22.0. The van der Waals surface area contributed by atoms with Crippen molar-refractivity contribution in [1.82, 2.24) is 25.0 Å². The lowest BCUT2D eigenvalue weighted by Crippen LogP contribution is -2.49. The number of hydrogen-bond donors (Lipinski definition) is 2. The summed E-state index contributed by atoms with van der Waals surface area (Å²) < 4.78 is 36.4. The molecule has 1 saturated heterocycles. The first kappa shape index (κ1) is 26.2. The monoisotopic (exact) mass is 524 g/mol. The maximum absolute atomic E-state index is 14.9. The van der Waals surface area contributed by atoms with Crippen LogP contribution in [0.5, 0.6) is 0 Å². The quantitative estimate of drug-likeness (QED) is 0.438. The third-order valence-electron chi connectivity index (χ3n) is 7.24. The van der Waals surface area contributed by atoms with E-state index in [0.29, 0.717) is 30.8 Å². The number of aromatic nitrogens is 3. The highest BCUT2D eigenvalue weighted by molar-refractivity contribution is 5.95. The van der Waals surface area contributed by atoms with E-state index in [-0.39, 0.29) is 23.8 Å². The molecular weight excluding hydrogens is 490 g/mol. The van der Waals surface area contributed by atoms with Gasteiger partial charge in [-0.15, -0.1) is 0 Å². The van der Waals surface area contributed by atoms with Crippen LogP contribution in [0.2, 0.25) is 0 Å². The summed E-state index contributed by atoms with van der Waals surface area (Å²) in [6.07, 6.45) is 8.52. The minimum atomic E-state index is -1.01. The zero-order chi connectivity index (χ0) is 26.8. The van der Waals surface area contributed by atoms with Crippen LogP contribution < -0.4 is 10.6 Å². The Morgan fingerprint density at radius 1 is 1.18 bits per heavy atom. The minimum Gasteiger partial charge on any atom is -0.380 e. The lowest BCUT2D eigenvalue weighted by Gasteiger charge is -2.36. The van der Waals surface area contributed by atoms with E-state index in [2.05, 4.69) is 25.6 Å². The fourth-order valence-corrected chi connectivity index (χ4v) is 4.80. The van der Waals surface area contributed by atoms with Crippen molar-refractivity contribution in [2.24, 2.45) is 0 Å². The standard InChI is InChI=1S/C28H34F2N6O2/c1-17-8-24(29)23(28(37)34-21-4-5-21)10-27(17)36-15-20(12-32-36)19-9-22(13-31-11-19)33-26-6-7-35(16-25(26)30)14-18(2)38-3/h8-13,15,18,21,25-26,33H,4-7,14,16H2,1-3H3,(H,34,37)/t18-,25?,26?/m0/s1. The van der Waals surface area contributed by atoms with Gasteiger partial charge in [0.05, 0.1) is 35.3 Å². The fourth-order valence-electron chi connectivity index (χ4n) is 4.80. The number of carbonyl (C=O) groups is 1. The van der Waals surface area contributed by atoms with Crippen molar-refractivity contribution in [3.05, 3.63) is 59.9 Å². The van der Waals surface area contributed by atoms with Crippen molar-refractivity contribution in [1.29, 1.82) is 0 Å². The van der Waals surface area contributed by atoms with E-state index >= 15 is 0 Å². The number of hydrogen-bond acceptors (Lipinski definition) is 6. The number of amides is 1. The molecule has 2 aromatic heterocycles. The van der Waals surface area contributed by atoms with Crippen molar-refractivity contribution in [2.75, 3.05) is 32.1 Å². The number of nitrogens with zero attached hydrogens (tertiary/aromatic N) is 4. The molecule has 3 heterocycles. The number of pyridine rings is 1. The number of ether oxygens (including phenoxy) is 1. The topological polar surface area (TPSA) is 84.3 Å². The second-order valence-electron chi connectivity index (χ2n) is 10.4. The number of methoxy groups -OCH3 is 1. The van der Waals surface area contributed by atoms with E-state index in [4.69, 9.17) is 4.74 Å². The lowest BCUT2D eigenvalue weighted by atomic mass is 10.0. The molecule has 1 amide bonds. The first-order chi connectivity index (χ1) is 18.3. The lowest BCUT2D eigenvalue weighted by molar-refractivity contribution is 0.0490. The normalized spacial score (nSPS) is 20.8. The number of nitrogens with one attached hydrogen (secondary N) is 2. The number of likely N-dealkylation sites (tertiary alicyclic amines) is 1. The summed E-state index contributed by atoms with van der Waals surface area (Å²) in [6.45, 7) is 5.64. The number of rotatable bonds is 9. The van der Waals surface area contributed by atoms with Gasteiger partial charge in [-0.25, -0.2) is 13.5 Å². The number of carbonyl (C=O) groups excluding carboxylic acids is 1. The first-order valence-corrected chi connectivity index (χ1v) is 13.1. The number of aryl methyl sites for hydroxylation is 1. The van der Waals surface area contributed by atoms with Gasteiger partial charge < -0.3 is 15.4 Å². The molecule has 1 aliphatic heterocycles. The Hall–Kier alpha value is -3.37. The number of benzene rings is 1. The van der Waals surface area contributed by atoms with Crippen molar-refractivity contribution in [3.8, 4) is 16.8 Å². The molecule has 10 heteroatoms. The molecule has 5 rings (SSSR count). The van der Waals surface area contributed by atoms with Crippen molar-refractivity contribution in [2.45, 2.75) is 57.5 Å². The summed E-state index contributed by atoms with van der Waals surface area (Å²) in [7, 11) is 1.67. The van der Waals surface area contributed by atoms with Gasteiger partial charge >= 0.3 is 0 Å². The Bertz CT molecular complexity index is 1290. The van der Waals surface area contributed by atoms with Crippen LogP contribution in [0.3, 0.4) is 0 Å². The van der Waals surface area contributed by atoms with E-state index in [1.165, 1.54) is 12.1 Å². The van der Waals surface area contributed by atoms with E-state index < -0.39 is 17.9 Å². The van der Waals surface area contributed by atoms with E-state index in [9.17, 15) is 13.6 Å². The average molecular weight is 525 g/mol. The highest BCUT2D eigenvalue weighted by atomic mass is 19.1. The van der Waals surface area contributed by atoms with Gasteiger partial charge in [0.15, 0.2) is 0 Å². The van der Waals surface area contributed by atoms with Gasteiger partial charge in [0.25, 0.3) is 5.91 Å². The van der Waals surface area contributed by atoms with E-state index in [0.717, 1.165) is 36.2 Å². The largest absolute Gasteiger partial charge is 0.380 e. The second-order valence-corrected chi connectivity index (χ2v) is 10.4. The highest BCUT2D eigenvalue weighted by Crippen LogP contribution is 2.27. The van der Waals surface area contributed by atoms with Crippen molar-refractivity contribution >= 4 is 11.6 Å². The van der Waals surface area contributed by atoms with Gasteiger partial charge in [0, 0.05) is 62.5 Å². The fraction of sp³-hybridized carbons (Fsp3) is 0.464. The molecule has 2 N–H and O–H groups in total. The van der Waals surface area contributed by atoms with Crippen LogP contribution in [0.4, 0.5) is 14.5 Å². The number of anilines is 1. The molecule has 202 valence electrons. The molecule has 1 aromatic carbocycles. The number of piperidine rings is 1. The second kappa shape index (κ2) is 11.2. The smallest absolute Gasteiger partial charge is 0.254 e. The van der Waals surface area contributed by atoms with E-state index in [1.54, 1.807) is 37.3 Å². The average Bonchev–Trinajstić information content (AvgIpc) is 3.57. The number of halogens is 2. The van der Waals surface area contributed by atoms with Crippen LogP contribution in [-0.4, -0.2) is 76.7 Å². The summed E-state index contributed by atoms with van der Waals surface area (Å²) in [5.74, 6) is -0.961. The van der Waals surface area contributed by atoms with Crippen LogP contribution in [0.15, 0.2) is 43.0 Å². The van der Waals surface area contributed by atoms with Crippen LogP contribution in [0, 0.1) is 12.7 Å². The molecule has 8 nitrogen and oxygen atoms in total. The molecule has 1 aliphatic carbocycles. The Morgan fingerprint density at radius 3 is 2.74 bits per heavy atom. The molecule has 2 aliphatic rings. The molecule has 2 unspecified atom stereocenters. The highest BCUT2D eigenvalue weighted by Gasteiger charge is 2.30. The first-order valence-electron chi connectivity index (χ1n) is 13.1. The molecule has 0 spiro atoms. The summed E-state index contributed by atoms with van der Waals surface area (Å²) in [5.41, 5.74) is 3.64. The maximum Gasteiger partial charge on any atom is 0.254 e. The third-order valence-corrected chi connectivity index (χ3v) is 7.24. The Balaban J connectivity index is 1.29. The molecule has 1 saturated carbocycles. The predicted octanol–water partition coefficient (Wildman–Crippen LogP) is 4.13. The van der Waals surface area contributed by atoms with Crippen molar-refractivity contribution in [3.63, 3.8) is 0 Å². The van der Waals surface area contributed by atoms with Gasteiger partial charge in [-0.2, -0.15) is 5.10 Å². The summed E-state index contributed by atoms with van der Waals surface area (Å²) >= 11 is 0. The Kier molecular flexibility index (Phi) is 7.71. The summed E-state index contributed by atoms with van der Waals surface area (Å²) in [5, 5.41) is 10.6. The SMILES string of the molecule is CO[C@@H](C)CN1CCC(Nc2cncc(-c3cnn(-c4cc(C(=O)NC5CC5)c(F)cc4C)c3)c2)C(F)C1. The van der Waals surface area contributed by atoms with Crippen LogP contribution in [-0.2, 0) is 4.74 Å². The van der Waals surface area contributed by atoms with E-state index in [1.807, 2.05) is 19.2 Å². The third kappa shape index (κ3) is 6.02. The molecule has 3 atom stereocenters. The van der Waals surface area contributed by atoms with Crippen molar-refractivity contribution < 1.29 is 18.3 Å². The Labute approximate surface area is 221 Å². The summed E-state index contributed by atoms with van der Waals surface area (Å²) in [4.78, 5) is 19.0. The van der Waals surface area contributed by atoms with Crippen LogP contribution >= 0.6 is 0 Å². The van der Waals surface area contributed by atoms with Gasteiger partial charge in [0.2, 0.25) is 0 Å². The summed E-state index contributed by atoms with van der Waals surface area (Å²) in [6, 6.07) is 4.66. The Morgan fingerprint density at radius 2 is 2.00 bits per heavy atom. The minimum absolute atomic E-state index is 0.00548.